The summed E-state index contributed by atoms with van der Waals surface area (Å²) in [6, 6.07) is 8.24. The Morgan fingerprint density at radius 3 is 2.23 bits per heavy atom. The zero-order valence-corrected chi connectivity index (χ0v) is 7.09. The predicted octanol–water partition coefficient (Wildman–Crippen LogP) is -0.509. The van der Waals surface area contributed by atoms with Gasteiger partial charge >= 0.3 is 0 Å². The third-order valence-corrected chi connectivity index (χ3v) is 1.73. The van der Waals surface area contributed by atoms with Gasteiger partial charge in [-0.25, -0.2) is 0 Å². The molecule has 0 aliphatic rings. The molecule has 0 radical (unpaired) electrons. The van der Waals surface area contributed by atoms with Crippen LogP contribution in [0.1, 0.15) is 12.0 Å². The first-order valence-electron chi connectivity index (χ1n) is 3.96. The summed E-state index contributed by atoms with van der Waals surface area (Å²) in [7, 11) is 0. The number of rotatable bonds is 3. The number of aliphatic hydroxyl groups is 3. The standard InChI is InChI=1S/C9H13NO3/c10-8(11)6-9(12,13)7-4-2-1-3-5-7/h1-5,8,11-13H,6,10H2. The average Bonchev–Trinajstić information content (AvgIpc) is 2.04. The van der Waals surface area contributed by atoms with Gasteiger partial charge in [-0.05, 0) is 0 Å². The van der Waals surface area contributed by atoms with Gasteiger partial charge in [-0.2, -0.15) is 0 Å². The molecule has 72 valence electrons. The lowest BCUT2D eigenvalue weighted by Gasteiger charge is -2.23. The molecule has 4 heteroatoms. The molecule has 0 fully saturated rings. The summed E-state index contributed by atoms with van der Waals surface area (Å²) in [6.45, 7) is 0. The highest BCUT2D eigenvalue weighted by atomic mass is 16.5. The van der Waals surface area contributed by atoms with Gasteiger partial charge in [0.1, 0.15) is 6.23 Å². The predicted molar refractivity (Wildman–Crippen MR) is 47.4 cm³/mol. The van der Waals surface area contributed by atoms with E-state index in [-0.39, 0.29) is 6.42 Å². The molecule has 0 aliphatic carbocycles. The van der Waals surface area contributed by atoms with Gasteiger partial charge in [-0.15, -0.1) is 0 Å². The molecule has 0 aromatic heterocycles. The summed E-state index contributed by atoms with van der Waals surface area (Å²) in [5, 5.41) is 27.8. The lowest BCUT2D eigenvalue weighted by Crippen LogP contribution is -2.34. The average molecular weight is 183 g/mol. The highest BCUT2D eigenvalue weighted by molar-refractivity contribution is 5.19. The molecule has 1 rings (SSSR count). The summed E-state index contributed by atoms with van der Waals surface area (Å²) in [4.78, 5) is 0. The van der Waals surface area contributed by atoms with Crippen molar-refractivity contribution < 1.29 is 15.3 Å². The smallest absolute Gasteiger partial charge is 0.193 e. The molecule has 1 unspecified atom stereocenters. The van der Waals surface area contributed by atoms with Crippen molar-refractivity contribution in [3.63, 3.8) is 0 Å². The topological polar surface area (TPSA) is 86.7 Å². The summed E-state index contributed by atoms with van der Waals surface area (Å²) < 4.78 is 0. The molecule has 0 aliphatic heterocycles. The summed E-state index contributed by atoms with van der Waals surface area (Å²) >= 11 is 0. The lowest BCUT2D eigenvalue weighted by molar-refractivity contribution is -0.189. The Balaban J connectivity index is 2.81. The van der Waals surface area contributed by atoms with E-state index in [9.17, 15) is 10.2 Å². The van der Waals surface area contributed by atoms with Crippen molar-refractivity contribution in [3.05, 3.63) is 35.9 Å². The maximum Gasteiger partial charge on any atom is 0.193 e. The van der Waals surface area contributed by atoms with Crippen molar-refractivity contribution in [2.24, 2.45) is 5.73 Å². The van der Waals surface area contributed by atoms with Gasteiger partial charge in [0.15, 0.2) is 5.79 Å². The Bertz CT molecular complexity index is 259. The first-order chi connectivity index (χ1) is 6.02. The van der Waals surface area contributed by atoms with E-state index in [2.05, 4.69) is 0 Å². The van der Waals surface area contributed by atoms with Crippen molar-refractivity contribution in [2.45, 2.75) is 18.4 Å². The SMILES string of the molecule is NC(O)CC(O)(O)c1ccccc1. The molecule has 4 nitrogen and oxygen atoms in total. The monoisotopic (exact) mass is 183 g/mol. The zero-order valence-electron chi connectivity index (χ0n) is 7.09. The van der Waals surface area contributed by atoms with Gasteiger partial charge in [0.2, 0.25) is 0 Å². The zero-order chi connectivity index (χ0) is 9.90. The molecule has 1 atom stereocenters. The number of aliphatic hydroxyl groups excluding tert-OH is 1. The van der Waals surface area contributed by atoms with Crippen molar-refractivity contribution in [1.29, 1.82) is 0 Å². The fourth-order valence-corrected chi connectivity index (χ4v) is 1.11. The third kappa shape index (κ3) is 2.78. The van der Waals surface area contributed by atoms with Crippen LogP contribution >= 0.6 is 0 Å². The molecule has 1 aromatic rings. The maximum absolute atomic E-state index is 9.47. The first-order valence-corrected chi connectivity index (χ1v) is 3.96. The van der Waals surface area contributed by atoms with Crippen LogP contribution in [0.4, 0.5) is 0 Å². The molecule has 1 aromatic carbocycles. The second kappa shape index (κ2) is 3.85. The van der Waals surface area contributed by atoms with Gasteiger partial charge in [-0.3, -0.25) is 0 Å². The Labute approximate surface area is 76.2 Å². The van der Waals surface area contributed by atoms with Crippen molar-refractivity contribution in [1.82, 2.24) is 0 Å². The summed E-state index contributed by atoms with van der Waals surface area (Å²) in [6.07, 6.45) is -1.55. The normalized spacial score (nSPS) is 14.2. The van der Waals surface area contributed by atoms with E-state index in [0.29, 0.717) is 5.56 Å². The third-order valence-electron chi connectivity index (χ3n) is 1.73. The molecular formula is C9H13NO3. The largest absolute Gasteiger partial charge is 0.379 e. The molecule has 0 amide bonds. The second-order valence-electron chi connectivity index (χ2n) is 2.95. The number of benzene rings is 1. The number of hydrogen-bond donors (Lipinski definition) is 4. The van der Waals surface area contributed by atoms with Crippen molar-refractivity contribution in [3.8, 4) is 0 Å². The van der Waals surface area contributed by atoms with Crippen LogP contribution in [-0.4, -0.2) is 21.5 Å². The molecule has 0 saturated heterocycles. The van der Waals surface area contributed by atoms with E-state index >= 15 is 0 Å². The van der Waals surface area contributed by atoms with E-state index in [1.54, 1.807) is 30.3 Å². The Kier molecular flexibility index (Phi) is 3.00. The van der Waals surface area contributed by atoms with Gasteiger partial charge in [0, 0.05) is 12.0 Å². The second-order valence-corrected chi connectivity index (χ2v) is 2.95. The summed E-state index contributed by atoms with van der Waals surface area (Å²) in [5.41, 5.74) is 5.37. The number of hydrogen-bond acceptors (Lipinski definition) is 4. The van der Waals surface area contributed by atoms with Crippen LogP contribution < -0.4 is 5.73 Å². The highest BCUT2D eigenvalue weighted by Gasteiger charge is 2.27. The van der Waals surface area contributed by atoms with Gasteiger partial charge in [0.25, 0.3) is 0 Å². The maximum atomic E-state index is 9.47. The molecule has 0 heterocycles. The van der Waals surface area contributed by atoms with Crippen LogP contribution in [0.25, 0.3) is 0 Å². The van der Waals surface area contributed by atoms with E-state index in [1.807, 2.05) is 0 Å². The van der Waals surface area contributed by atoms with E-state index in [1.165, 1.54) is 0 Å². The molecule has 0 saturated carbocycles. The van der Waals surface area contributed by atoms with E-state index in [0.717, 1.165) is 0 Å². The fourth-order valence-electron chi connectivity index (χ4n) is 1.11. The molecule has 5 N–H and O–H groups in total. The van der Waals surface area contributed by atoms with Crippen LogP contribution in [0, 0.1) is 0 Å². The Hall–Kier alpha value is -0.940. The highest BCUT2D eigenvalue weighted by Crippen LogP contribution is 2.21. The van der Waals surface area contributed by atoms with E-state index < -0.39 is 12.0 Å². The minimum absolute atomic E-state index is 0.309. The molecule has 0 bridgehead atoms. The van der Waals surface area contributed by atoms with Gasteiger partial charge in [-0.1, -0.05) is 30.3 Å². The minimum atomic E-state index is -2.06. The molecule has 13 heavy (non-hydrogen) atoms. The first kappa shape index (κ1) is 10.1. The summed E-state index contributed by atoms with van der Waals surface area (Å²) in [5.74, 6) is -2.06. The van der Waals surface area contributed by atoms with Crippen LogP contribution in [0.3, 0.4) is 0 Å². The van der Waals surface area contributed by atoms with E-state index in [4.69, 9.17) is 10.8 Å². The van der Waals surface area contributed by atoms with Gasteiger partial charge < -0.3 is 21.1 Å². The van der Waals surface area contributed by atoms with Crippen LogP contribution in [0.2, 0.25) is 0 Å². The van der Waals surface area contributed by atoms with Crippen LogP contribution in [-0.2, 0) is 5.79 Å². The van der Waals surface area contributed by atoms with Crippen molar-refractivity contribution >= 4 is 0 Å². The van der Waals surface area contributed by atoms with Gasteiger partial charge in [0.05, 0.1) is 0 Å². The molecular weight excluding hydrogens is 170 g/mol. The fraction of sp³-hybridized carbons (Fsp3) is 0.333. The van der Waals surface area contributed by atoms with Crippen LogP contribution in [0.5, 0.6) is 0 Å². The Morgan fingerprint density at radius 1 is 1.23 bits per heavy atom. The lowest BCUT2D eigenvalue weighted by atomic mass is 10.0. The minimum Gasteiger partial charge on any atom is -0.379 e. The van der Waals surface area contributed by atoms with Crippen molar-refractivity contribution in [2.75, 3.05) is 0 Å². The Morgan fingerprint density at radius 2 is 1.77 bits per heavy atom. The number of nitrogens with two attached hydrogens (primary N) is 1. The molecule has 0 spiro atoms. The quantitative estimate of drug-likeness (QED) is 0.475. The van der Waals surface area contributed by atoms with Crippen LogP contribution in [0.15, 0.2) is 30.3 Å².